The van der Waals surface area contributed by atoms with Crippen LogP contribution in [-0.2, 0) is 4.79 Å². The SMILES string of the molecule is Cc1ccccc1-c1cc(NC(=N)NC=O)c2c(OC(C)(C)C)cccc2n1. The number of fused-ring (bicyclic) bond motifs is 1. The largest absolute Gasteiger partial charge is 0.487 e. The van der Waals surface area contributed by atoms with Gasteiger partial charge >= 0.3 is 0 Å². The summed E-state index contributed by atoms with van der Waals surface area (Å²) in [7, 11) is 0. The third kappa shape index (κ3) is 4.28. The van der Waals surface area contributed by atoms with Gasteiger partial charge in [0.05, 0.1) is 22.3 Å². The second kappa shape index (κ2) is 7.68. The highest BCUT2D eigenvalue weighted by atomic mass is 16.5. The van der Waals surface area contributed by atoms with E-state index in [0.29, 0.717) is 17.8 Å². The Morgan fingerprint density at radius 3 is 2.57 bits per heavy atom. The van der Waals surface area contributed by atoms with Crippen molar-refractivity contribution in [1.82, 2.24) is 10.3 Å². The van der Waals surface area contributed by atoms with Crippen LogP contribution in [0.4, 0.5) is 5.69 Å². The lowest BCUT2D eigenvalue weighted by atomic mass is 10.0. The van der Waals surface area contributed by atoms with Crippen molar-refractivity contribution < 1.29 is 9.53 Å². The van der Waals surface area contributed by atoms with E-state index < -0.39 is 5.60 Å². The van der Waals surface area contributed by atoms with Crippen molar-refractivity contribution in [3.8, 4) is 17.0 Å². The van der Waals surface area contributed by atoms with E-state index in [1.54, 1.807) is 0 Å². The Hall–Kier alpha value is -3.41. The minimum absolute atomic E-state index is 0.121. The third-order valence-corrected chi connectivity index (χ3v) is 4.10. The van der Waals surface area contributed by atoms with E-state index in [2.05, 4.69) is 10.6 Å². The number of hydrogen-bond acceptors (Lipinski definition) is 4. The van der Waals surface area contributed by atoms with Crippen molar-refractivity contribution in [2.75, 3.05) is 5.32 Å². The van der Waals surface area contributed by atoms with Crippen LogP contribution in [0.3, 0.4) is 0 Å². The maximum Gasteiger partial charge on any atom is 0.213 e. The van der Waals surface area contributed by atoms with Crippen molar-refractivity contribution >= 4 is 29.0 Å². The third-order valence-electron chi connectivity index (χ3n) is 4.10. The zero-order valence-corrected chi connectivity index (χ0v) is 16.5. The van der Waals surface area contributed by atoms with Gasteiger partial charge in [-0.1, -0.05) is 30.3 Å². The molecule has 3 aromatic rings. The Morgan fingerprint density at radius 1 is 1.14 bits per heavy atom. The highest BCUT2D eigenvalue weighted by Gasteiger charge is 2.18. The van der Waals surface area contributed by atoms with Crippen molar-refractivity contribution in [2.45, 2.75) is 33.3 Å². The normalized spacial score (nSPS) is 11.1. The number of carbonyl (C=O) groups excluding carboxylic acids is 1. The summed E-state index contributed by atoms with van der Waals surface area (Å²) in [6, 6.07) is 15.6. The molecular weight excluding hydrogens is 352 g/mol. The number of carbonyl (C=O) groups is 1. The fraction of sp³-hybridized carbons (Fsp3) is 0.227. The first kappa shape index (κ1) is 19.4. The van der Waals surface area contributed by atoms with Gasteiger partial charge in [-0.05, 0) is 51.5 Å². The molecule has 1 aromatic heterocycles. The van der Waals surface area contributed by atoms with Crippen LogP contribution in [0, 0.1) is 12.3 Å². The Morgan fingerprint density at radius 2 is 1.89 bits per heavy atom. The zero-order chi connectivity index (χ0) is 20.3. The van der Waals surface area contributed by atoms with Gasteiger partial charge in [-0.3, -0.25) is 15.5 Å². The van der Waals surface area contributed by atoms with E-state index in [-0.39, 0.29) is 5.96 Å². The van der Waals surface area contributed by atoms with E-state index in [0.717, 1.165) is 27.7 Å². The molecule has 28 heavy (non-hydrogen) atoms. The molecule has 0 saturated carbocycles. The van der Waals surface area contributed by atoms with Crippen LogP contribution in [0.5, 0.6) is 5.75 Å². The maximum absolute atomic E-state index is 10.7. The van der Waals surface area contributed by atoms with Gasteiger partial charge in [0, 0.05) is 5.56 Å². The van der Waals surface area contributed by atoms with E-state index in [4.69, 9.17) is 15.1 Å². The molecule has 3 rings (SSSR count). The van der Waals surface area contributed by atoms with E-state index in [1.807, 2.05) is 76.2 Å². The van der Waals surface area contributed by atoms with Crippen molar-refractivity contribution in [3.05, 3.63) is 54.1 Å². The first-order valence-corrected chi connectivity index (χ1v) is 9.03. The summed E-state index contributed by atoms with van der Waals surface area (Å²) in [6.45, 7) is 7.96. The molecule has 144 valence electrons. The molecular formula is C22H24N4O2. The molecule has 0 fully saturated rings. The van der Waals surface area contributed by atoms with Gasteiger partial charge in [0.25, 0.3) is 0 Å². The molecule has 0 unspecified atom stereocenters. The highest BCUT2D eigenvalue weighted by molar-refractivity contribution is 6.07. The summed E-state index contributed by atoms with van der Waals surface area (Å²) in [6.07, 6.45) is 0.466. The second-order valence-corrected chi connectivity index (χ2v) is 7.50. The summed E-state index contributed by atoms with van der Waals surface area (Å²) in [4.78, 5) is 15.6. The lowest BCUT2D eigenvalue weighted by Crippen LogP contribution is -2.28. The number of pyridine rings is 1. The standard InChI is InChI=1S/C22H24N4O2/c1-14-8-5-6-9-15(14)17-12-18(26-21(23)24-13-27)20-16(25-17)10-7-11-19(20)28-22(2,3)4/h5-13H,1-4H3,(H3,23,24,25,26,27). The maximum atomic E-state index is 10.7. The van der Waals surface area contributed by atoms with Crippen LogP contribution >= 0.6 is 0 Å². The van der Waals surface area contributed by atoms with Gasteiger partial charge in [-0.15, -0.1) is 0 Å². The molecule has 0 aliphatic carbocycles. The van der Waals surface area contributed by atoms with Crippen molar-refractivity contribution in [2.24, 2.45) is 0 Å². The number of ether oxygens (including phenoxy) is 1. The molecule has 0 atom stereocenters. The van der Waals surface area contributed by atoms with Crippen LogP contribution in [0.25, 0.3) is 22.2 Å². The average molecular weight is 376 g/mol. The van der Waals surface area contributed by atoms with Crippen LogP contribution in [0.1, 0.15) is 26.3 Å². The van der Waals surface area contributed by atoms with Crippen LogP contribution in [0.2, 0.25) is 0 Å². The Kier molecular flexibility index (Phi) is 5.31. The smallest absolute Gasteiger partial charge is 0.213 e. The van der Waals surface area contributed by atoms with Crippen molar-refractivity contribution in [1.29, 1.82) is 5.41 Å². The number of rotatable bonds is 4. The van der Waals surface area contributed by atoms with E-state index in [9.17, 15) is 4.79 Å². The molecule has 6 heteroatoms. The first-order valence-electron chi connectivity index (χ1n) is 9.03. The topological polar surface area (TPSA) is 87.1 Å². The predicted octanol–water partition coefficient (Wildman–Crippen LogP) is 4.48. The number of nitrogens with zero attached hydrogens (tertiary/aromatic N) is 1. The Bertz CT molecular complexity index is 1040. The quantitative estimate of drug-likeness (QED) is 0.356. The molecule has 1 amide bonds. The summed E-state index contributed by atoms with van der Waals surface area (Å²) >= 11 is 0. The lowest BCUT2D eigenvalue weighted by Gasteiger charge is -2.23. The number of anilines is 1. The summed E-state index contributed by atoms with van der Waals surface area (Å²) in [5.41, 5.74) is 3.87. The van der Waals surface area contributed by atoms with Gasteiger partial charge in [0.1, 0.15) is 11.4 Å². The molecule has 1 heterocycles. The Labute approximate surface area is 164 Å². The van der Waals surface area contributed by atoms with Crippen molar-refractivity contribution in [3.63, 3.8) is 0 Å². The second-order valence-electron chi connectivity index (χ2n) is 7.50. The zero-order valence-electron chi connectivity index (χ0n) is 16.5. The van der Waals surface area contributed by atoms with Gasteiger partial charge in [0.15, 0.2) is 5.96 Å². The number of aryl methyl sites for hydroxylation is 1. The van der Waals surface area contributed by atoms with Gasteiger partial charge in [0.2, 0.25) is 6.41 Å². The van der Waals surface area contributed by atoms with Crippen LogP contribution < -0.4 is 15.4 Å². The molecule has 0 spiro atoms. The van der Waals surface area contributed by atoms with E-state index in [1.165, 1.54) is 0 Å². The van der Waals surface area contributed by atoms with Gasteiger partial charge in [-0.25, -0.2) is 4.98 Å². The Balaban J connectivity index is 2.23. The number of nitrogens with one attached hydrogen (secondary N) is 3. The van der Waals surface area contributed by atoms with Crippen LogP contribution in [-0.4, -0.2) is 23.0 Å². The molecule has 6 nitrogen and oxygen atoms in total. The molecule has 0 radical (unpaired) electrons. The number of amides is 1. The molecule has 0 aliphatic heterocycles. The fourth-order valence-corrected chi connectivity index (χ4v) is 3.00. The molecule has 0 aliphatic rings. The monoisotopic (exact) mass is 376 g/mol. The minimum atomic E-state index is -0.394. The molecule has 0 bridgehead atoms. The van der Waals surface area contributed by atoms with Gasteiger partial charge < -0.3 is 10.1 Å². The molecule has 2 aromatic carbocycles. The summed E-state index contributed by atoms with van der Waals surface area (Å²) in [5.74, 6) is 0.541. The summed E-state index contributed by atoms with van der Waals surface area (Å²) < 4.78 is 6.13. The molecule has 0 saturated heterocycles. The number of hydrogen-bond donors (Lipinski definition) is 3. The minimum Gasteiger partial charge on any atom is -0.487 e. The lowest BCUT2D eigenvalue weighted by molar-refractivity contribution is -0.108. The van der Waals surface area contributed by atoms with E-state index >= 15 is 0 Å². The highest BCUT2D eigenvalue weighted by Crippen LogP contribution is 2.36. The number of guanidine groups is 1. The van der Waals surface area contributed by atoms with Gasteiger partial charge in [-0.2, -0.15) is 0 Å². The fourth-order valence-electron chi connectivity index (χ4n) is 3.00. The summed E-state index contributed by atoms with van der Waals surface area (Å²) in [5, 5.41) is 14.0. The first-order chi connectivity index (χ1) is 13.3. The average Bonchev–Trinajstić information content (AvgIpc) is 2.60. The number of aromatic nitrogens is 1. The predicted molar refractivity (Wildman–Crippen MR) is 113 cm³/mol. The van der Waals surface area contributed by atoms with Crippen LogP contribution in [0.15, 0.2) is 48.5 Å². The molecule has 3 N–H and O–H groups in total. The number of benzene rings is 2.